The zero-order valence-corrected chi connectivity index (χ0v) is 18.5. The summed E-state index contributed by atoms with van der Waals surface area (Å²) in [5.41, 5.74) is 4.99. The van der Waals surface area contributed by atoms with Crippen LogP contribution in [-0.2, 0) is 24.1 Å². The predicted molar refractivity (Wildman–Crippen MR) is 123 cm³/mol. The minimum atomic E-state index is -0.407. The monoisotopic (exact) mass is 448 g/mol. The Bertz CT molecular complexity index is 1130. The van der Waals surface area contributed by atoms with E-state index in [9.17, 15) is 10.0 Å². The van der Waals surface area contributed by atoms with E-state index in [1.54, 1.807) is 23.5 Å². The van der Waals surface area contributed by atoms with Gasteiger partial charge in [-0.1, -0.05) is 29.8 Å². The van der Waals surface area contributed by atoms with Gasteiger partial charge in [-0.2, -0.15) is 0 Å². The highest BCUT2D eigenvalue weighted by Crippen LogP contribution is 2.41. The highest BCUT2D eigenvalue weighted by Gasteiger charge is 2.40. The molecule has 0 radical (unpaired) electrons. The van der Waals surface area contributed by atoms with Gasteiger partial charge >= 0.3 is 0 Å². The van der Waals surface area contributed by atoms with Crippen LogP contribution in [0.15, 0.2) is 61.1 Å². The molecule has 3 aromatic rings. The number of quaternary nitrogens is 1. The maximum atomic E-state index is 14.3. The number of piperazine rings is 1. The minimum Gasteiger partial charge on any atom is -0.632 e. The van der Waals surface area contributed by atoms with Gasteiger partial charge in [0.25, 0.3) is 0 Å². The maximum absolute atomic E-state index is 14.3. The zero-order chi connectivity index (χ0) is 22.1. The average molecular weight is 449 g/mol. The lowest BCUT2D eigenvalue weighted by Crippen LogP contribution is -2.59. The smallest absolute Gasteiger partial charge is 0.227 e. The van der Waals surface area contributed by atoms with Gasteiger partial charge in [-0.3, -0.25) is 14.8 Å². The van der Waals surface area contributed by atoms with Crippen molar-refractivity contribution in [3.8, 4) is 0 Å². The fourth-order valence-corrected chi connectivity index (χ4v) is 5.15. The lowest BCUT2D eigenvalue weighted by Gasteiger charge is -2.53. The Morgan fingerprint density at radius 2 is 1.88 bits per heavy atom. The zero-order valence-electron chi connectivity index (χ0n) is 17.8. The highest BCUT2D eigenvalue weighted by atomic mass is 35.5. The van der Waals surface area contributed by atoms with Gasteiger partial charge in [-0.15, -0.1) is 0 Å². The van der Waals surface area contributed by atoms with Crippen molar-refractivity contribution < 1.29 is 9.44 Å². The van der Waals surface area contributed by atoms with E-state index in [4.69, 9.17) is 11.6 Å². The molecule has 1 fully saturated rings. The van der Waals surface area contributed by atoms with Gasteiger partial charge in [0.2, 0.25) is 5.91 Å². The van der Waals surface area contributed by atoms with Gasteiger partial charge in [0, 0.05) is 29.2 Å². The Morgan fingerprint density at radius 3 is 2.66 bits per heavy atom. The minimum absolute atomic E-state index is 0.0378. The fourth-order valence-electron chi connectivity index (χ4n) is 4.96. The van der Waals surface area contributed by atoms with E-state index in [0.717, 1.165) is 40.8 Å². The van der Waals surface area contributed by atoms with Crippen LogP contribution < -0.4 is 0 Å². The standard InChI is InChI=1S/C25H25ClN4O2/c26-21-7-8-22-20(16-21)6-5-19-4-2-10-28-24(19)25(22)30(32)13-11-29(12-14-30)23(31)15-18-3-1-9-27-17-18/h1-4,7-10,16-17,25H,5-6,11-15H2. The van der Waals surface area contributed by atoms with Gasteiger partial charge in [0.1, 0.15) is 5.69 Å². The van der Waals surface area contributed by atoms with Gasteiger partial charge in [-0.05, 0) is 53.8 Å². The summed E-state index contributed by atoms with van der Waals surface area (Å²) in [6, 6.07) is 13.2. The van der Waals surface area contributed by atoms with E-state index in [1.807, 2.05) is 36.4 Å². The molecule has 1 saturated heterocycles. The first kappa shape index (κ1) is 21.1. The maximum Gasteiger partial charge on any atom is 0.227 e. The van der Waals surface area contributed by atoms with Crippen molar-refractivity contribution >= 4 is 17.5 Å². The van der Waals surface area contributed by atoms with E-state index in [0.29, 0.717) is 37.6 Å². The molecular formula is C25H25ClN4O2. The average Bonchev–Trinajstić information content (AvgIpc) is 2.97. The molecule has 1 amide bonds. The van der Waals surface area contributed by atoms with Crippen LogP contribution in [0.5, 0.6) is 0 Å². The number of aromatic nitrogens is 2. The number of hydroxylamine groups is 3. The first-order valence-corrected chi connectivity index (χ1v) is 11.4. The molecule has 2 aromatic heterocycles. The van der Waals surface area contributed by atoms with Crippen molar-refractivity contribution in [2.75, 3.05) is 26.2 Å². The topological polar surface area (TPSA) is 69.2 Å². The number of aryl methyl sites for hydroxylation is 2. The molecule has 0 spiro atoms. The number of amides is 1. The molecule has 7 heteroatoms. The molecule has 32 heavy (non-hydrogen) atoms. The third kappa shape index (κ3) is 4.01. The lowest BCUT2D eigenvalue weighted by molar-refractivity contribution is -0.909. The second-order valence-electron chi connectivity index (χ2n) is 8.61. The Kier molecular flexibility index (Phi) is 5.67. The van der Waals surface area contributed by atoms with Crippen LogP contribution in [0.2, 0.25) is 5.02 Å². The van der Waals surface area contributed by atoms with Crippen LogP contribution in [-0.4, -0.2) is 51.6 Å². The van der Waals surface area contributed by atoms with Gasteiger partial charge in [0.05, 0.1) is 32.6 Å². The Balaban J connectivity index is 1.42. The van der Waals surface area contributed by atoms with Crippen LogP contribution >= 0.6 is 11.6 Å². The molecule has 1 aromatic carbocycles. The summed E-state index contributed by atoms with van der Waals surface area (Å²) in [6.45, 7) is 1.54. The summed E-state index contributed by atoms with van der Waals surface area (Å²) >= 11 is 6.28. The second kappa shape index (κ2) is 8.62. The summed E-state index contributed by atoms with van der Waals surface area (Å²) in [5.74, 6) is 0.0378. The van der Waals surface area contributed by atoms with E-state index in [-0.39, 0.29) is 5.91 Å². The van der Waals surface area contributed by atoms with Crippen molar-refractivity contribution in [2.45, 2.75) is 25.3 Å². The van der Waals surface area contributed by atoms with E-state index in [2.05, 4.69) is 16.0 Å². The van der Waals surface area contributed by atoms with Gasteiger partial charge in [0.15, 0.2) is 6.04 Å². The van der Waals surface area contributed by atoms with E-state index in [1.165, 1.54) is 0 Å². The van der Waals surface area contributed by atoms with Crippen molar-refractivity contribution in [3.63, 3.8) is 0 Å². The summed E-state index contributed by atoms with van der Waals surface area (Å²) in [5, 5.41) is 15.0. The molecule has 5 rings (SSSR count). The van der Waals surface area contributed by atoms with Gasteiger partial charge < -0.3 is 14.8 Å². The molecule has 2 aliphatic rings. The third-order valence-electron chi connectivity index (χ3n) is 6.65. The van der Waals surface area contributed by atoms with Gasteiger partial charge in [-0.25, -0.2) is 0 Å². The van der Waals surface area contributed by atoms with Crippen LogP contribution in [0.4, 0.5) is 0 Å². The SMILES string of the molecule is O=C(Cc1cccnc1)N1CC[N+]([O-])(C2c3ccc(Cl)cc3CCc3cccnc32)CC1. The number of nitrogens with zero attached hydrogens (tertiary/aromatic N) is 4. The molecule has 3 heterocycles. The summed E-state index contributed by atoms with van der Waals surface area (Å²) in [7, 11) is 0. The molecule has 1 aliphatic heterocycles. The fraction of sp³-hybridized carbons (Fsp3) is 0.320. The predicted octanol–water partition coefficient (Wildman–Crippen LogP) is 3.72. The number of carbonyl (C=O) groups excluding carboxylic acids is 1. The van der Waals surface area contributed by atoms with Crippen LogP contribution in [0.25, 0.3) is 0 Å². The van der Waals surface area contributed by atoms with Crippen molar-refractivity contribution in [2.24, 2.45) is 0 Å². The highest BCUT2D eigenvalue weighted by molar-refractivity contribution is 6.30. The number of hydrogen-bond donors (Lipinski definition) is 0. The summed E-state index contributed by atoms with van der Waals surface area (Å²) < 4.78 is -0.407. The normalized spacial score (nSPS) is 19.6. The van der Waals surface area contributed by atoms with E-state index < -0.39 is 10.7 Å². The molecule has 1 unspecified atom stereocenters. The number of rotatable bonds is 3. The molecule has 164 valence electrons. The molecular weight excluding hydrogens is 424 g/mol. The third-order valence-corrected chi connectivity index (χ3v) is 6.88. The van der Waals surface area contributed by atoms with Crippen LogP contribution in [0, 0.1) is 5.21 Å². The molecule has 6 nitrogen and oxygen atoms in total. The lowest BCUT2D eigenvalue weighted by atomic mass is 9.95. The number of fused-ring (bicyclic) bond motifs is 2. The number of carbonyl (C=O) groups is 1. The number of benzene rings is 1. The largest absolute Gasteiger partial charge is 0.632 e. The second-order valence-corrected chi connectivity index (χ2v) is 9.05. The number of halogens is 1. The number of hydrogen-bond acceptors (Lipinski definition) is 4. The Labute approximate surface area is 192 Å². The molecule has 0 N–H and O–H groups in total. The summed E-state index contributed by atoms with van der Waals surface area (Å²) in [6.07, 6.45) is 7.16. The number of pyridine rings is 2. The molecule has 0 bridgehead atoms. The van der Waals surface area contributed by atoms with Crippen molar-refractivity contribution in [1.82, 2.24) is 14.9 Å². The van der Waals surface area contributed by atoms with Crippen LogP contribution in [0.3, 0.4) is 0 Å². The van der Waals surface area contributed by atoms with E-state index >= 15 is 0 Å². The molecule has 1 aliphatic carbocycles. The summed E-state index contributed by atoms with van der Waals surface area (Å²) in [4.78, 5) is 23.4. The van der Waals surface area contributed by atoms with Crippen LogP contribution in [0.1, 0.15) is 34.0 Å². The van der Waals surface area contributed by atoms with Crippen molar-refractivity contribution in [1.29, 1.82) is 0 Å². The quantitative estimate of drug-likeness (QED) is 0.452. The Hall–Kier alpha value is -2.80. The Morgan fingerprint density at radius 1 is 1.09 bits per heavy atom. The molecule has 0 saturated carbocycles. The first-order valence-electron chi connectivity index (χ1n) is 11.0. The van der Waals surface area contributed by atoms with Crippen molar-refractivity contribution in [3.05, 3.63) is 99.2 Å². The molecule has 1 atom stereocenters. The first-order chi connectivity index (χ1) is 15.5.